The summed E-state index contributed by atoms with van der Waals surface area (Å²) < 4.78 is 5.30. The van der Waals surface area contributed by atoms with Gasteiger partial charge in [-0.15, -0.1) is 0 Å². The number of carboxylic acid groups (broad SMARTS) is 1. The molecule has 0 fully saturated rings. The highest BCUT2D eigenvalue weighted by Crippen LogP contribution is 2.45. The Morgan fingerprint density at radius 2 is 2.15 bits per heavy atom. The standard InChI is InChI=1S/C16H23NO3/c1-10-9-16(3,4)17(11(2)15(18)19)14-8-12(20-5)6-7-13(10)14/h6-8,10-11H,9H2,1-5H3,(H,18,19). The van der Waals surface area contributed by atoms with Crippen molar-refractivity contribution in [3.05, 3.63) is 23.8 Å². The van der Waals surface area contributed by atoms with Crippen molar-refractivity contribution in [2.24, 2.45) is 0 Å². The smallest absolute Gasteiger partial charge is 0.326 e. The van der Waals surface area contributed by atoms with Crippen LogP contribution in [0.2, 0.25) is 0 Å². The summed E-state index contributed by atoms with van der Waals surface area (Å²) in [6.45, 7) is 8.13. The maximum absolute atomic E-state index is 11.5. The van der Waals surface area contributed by atoms with Crippen LogP contribution < -0.4 is 9.64 Å². The van der Waals surface area contributed by atoms with Gasteiger partial charge in [0.05, 0.1) is 7.11 Å². The molecule has 110 valence electrons. The minimum absolute atomic E-state index is 0.198. The number of hydrogen-bond donors (Lipinski definition) is 1. The predicted octanol–water partition coefficient (Wildman–Crippen LogP) is 3.26. The highest BCUT2D eigenvalue weighted by Gasteiger charge is 2.40. The van der Waals surface area contributed by atoms with Gasteiger partial charge in [0.15, 0.2) is 0 Å². The van der Waals surface area contributed by atoms with Crippen LogP contribution in [-0.4, -0.2) is 29.8 Å². The molecule has 0 saturated heterocycles. The lowest BCUT2D eigenvalue weighted by molar-refractivity contribution is -0.138. The van der Waals surface area contributed by atoms with Crippen LogP contribution >= 0.6 is 0 Å². The monoisotopic (exact) mass is 277 g/mol. The van der Waals surface area contributed by atoms with Gasteiger partial charge in [0.2, 0.25) is 0 Å². The molecule has 20 heavy (non-hydrogen) atoms. The number of carboxylic acids is 1. The molecule has 0 aliphatic carbocycles. The summed E-state index contributed by atoms with van der Waals surface area (Å²) in [5, 5.41) is 9.41. The third-order valence-corrected chi connectivity index (χ3v) is 4.23. The number of carbonyl (C=O) groups is 1. The van der Waals surface area contributed by atoms with Gasteiger partial charge in [-0.25, -0.2) is 4.79 Å². The summed E-state index contributed by atoms with van der Waals surface area (Å²) in [7, 11) is 1.63. The van der Waals surface area contributed by atoms with Crippen molar-refractivity contribution in [2.45, 2.75) is 51.6 Å². The average molecular weight is 277 g/mol. The molecule has 0 saturated carbocycles. The first kappa shape index (κ1) is 14.7. The highest BCUT2D eigenvalue weighted by atomic mass is 16.5. The first-order chi connectivity index (χ1) is 9.27. The molecule has 1 aromatic carbocycles. The Kier molecular flexibility index (Phi) is 3.67. The van der Waals surface area contributed by atoms with Crippen LogP contribution in [0.15, 0.2) is 18.2 Å². The van der Waals surface area contributed by atoms with Crippen LogP contribution in [-0.2, 0) is 4.79 Å². The molecule has 0 radical (unpaired) electrons. The fourth-order valence-corrected chi connectivity index (χ4v) is 3.40. The van der Waals surface area contributed by atoms with E-state index in [9.17, 15) is 9.90 Å². The van der Waals surface area contributed by atoms with E-state index in [0.717, 1.165) is 17.9 Å². The molecule has 4 heteroatoms. The van der Waals surface area contributed by atoms with E-state index < -0.39 is 12.0 Å². The maximum atomic E-state index is 11.5. The fraction of sp³-hybridized carbons (Fsp3) is 0.562. The van der Waals surface area contributed by atoms with Crippen LogP contribution in [0.1, 0.15) is 45.6 Å². The molecule has 1 aromatic rings. The van der Waals surface area contributed by atoms with E-state index in [0.29, 0.717) is 5.92 Å². The van der Waals surface area contributed by atoms with Gasteiger partial charge < -0.3 is 14.7 Å². The number of aliphatic carboxylic acids is 1. The lowest BCUT2D eigenvalue weighted by atomic mass is 9.79. The second-order valence-electron chi connectivity index (χ2n) is 6.23. The summed E-state index contributed by atoms with van der Waals surface area (Å²) in [5.74, 6) is 0.362. The molecule has 1 heterocycles. The van der Waals surface area contributed by atoms with Crippen molar-refractivity contribution in [1.82, 2.24) is 0 Å². The van der Waals surface area contributed by atoms with Gasteiger partial charge in [0.25, 0.3) is 0 Å². The van der Waals surface area contributed by atoms with Gasteiger partial charge in [-0.05, 0) is 44.7 Å². The van der Waals surface area contributed by atoms with E-state index in [4.69, 9.17) is 4.74 Å². The van der Waals surface area contributed by atoms with E-state index in [2.05, 4.69) is 26.8 Å². The molecule has 2 rings (SSSR count). The molecule has 0 amide bonds. The van der Waals surface area contributed by atoms with E-state index in [-0.39, 0.29) is 5.54 Å². The molecule has 0 spiro atoms. The zero-order chi connectivity index (χ0) is 15.1. The number of rotatable bonds is 3. The Morgan fingerprint density at radius 3 is 2.70 bits per heavy atom. The normalized spacial score (nSPS) is 22.1. The lowest BCUT2D eigenvalue weighted by Gasteiger charge is -2.49. The van der Waals surface area contributed by atoms with E-state index in [1.807, 2.05) is 17.0 Å². The highest BCUT2D eigenvalue weighted by molar-refractivity contribution is 5.80. The quantitative estimate of drug-likeness (QED) is 0.921. The van der Waals surface area contributed by atoms with Crippen molar-refractivity contribution in [3.63, 3.8) is 0 Å². The number of nitrogens with zero attached hydrogens (tertiary/aromatic N) is 1. The molecular formula is C16H23NO3. The Hall–Kier alpha value is -1.71. The molecule has 2 unspecified atom stereocenters. The van der Waals surface area contributed by atoms with E-state index >= 15 is 0 Å². The van der Waals surface area contributed by atoms with Crippen LogP contribution in [0.5, 0.6) is 5.75 Å². The third kappa shape index (κ3) is 2.35. The molecule has 1 N–H and O–H groups in total. The van der Waals surface area contributed by atoms with E-state index in [1.165, 1.54) is 5.56 Å². The van der Waals surface area contributed by atoms with Crippen LogP contribution in [0.4, 0.5) is 5.69 Å². The molecule has 1 aliphatic heterocycles. The van der Waals surface area contributed by atoms with Crippen LogP contribution in [0.25, 0.3) is 0 Å². The minimum Gasteiger partial charge on any atom is -0.497 e. The number of anilines is 1. The number of methoxy groups -OCH3 is 1. The second-order valence-corrected chi connectivity index (χ2v) is 6.23. The molecule has 2 atom stereocenters. The maximum Gasteiger partial charge on any atom is 0.326 e. The van der Waals surface area contributed by atoms with E-state index in [1.54, 1.807) is 14.0 Å². The molecule has 1 aliphatic rings. The van der Waals surface area contributed by atoms with Gasteiger partial charge in [-0.1, -0.05) is 13.0 Å². The second kappa shape index (κ2) is 5.00. The van der Waals surface area contributed by atoms with Crippen LogP contribution in [0, 0.1) is 0 Å². The molecule has 0 aromatic heterocycles. The van der Waals surface area contributed by atoms with Gasteiger partial charge >= 0.3 is 5.97 Å². The summed E-state index contributed by atoms with van der Waals surface area (Å²) >= 11 is 0. The molecular weight excluding hydrogens is 254 g/mol. The lowest BCUT2D eigenvalue weighted by Crippen LogP contribution is -2.55. The SMILES string of the molecule is COc1ccc2c(c1)N(C(C)C(=O)O)C(C)(C)CC2C. The number of hydrogen-bond acceptors (Lipinski definition) is 3. The van der Waals surface area contributed by atoms with Crippen molar-refractivity contribution < 1.29 is 14.6 Å². The molecule has 4 nitrogen and oxygen atoms in total. The Bertz CT molecular complexity index is 524. The van der Waals surface area contributed by atoms with Crippen molar-refractivity contribution in [3.8, 4) is 5.75 Å². The average Bonchev–Trinajstić information content (AvgIpc) is 2.36. The van der Waals surface area contributed by atoms with Gasteiger partial charge in [0, 0.05) is 17.3 Å². The van der Waals surface area contributed by atoms with Gasteiger partial charge in [0.1, 0.15) is 11.8 Å². The largest absolute Gasteiger partial charge is 0.497 e. The van der Waals surface area contributed by atoms with Gasteiger partial charge in [-0.2, -0.15) is 0 Å². The summed E-state index contributed by atoms with van der Waals surface area (Å²) in [4.78, 5) is 13.5. The zero-order valence-corrected chi connectivity index (χ0v) is 12.8. The first-order valence-corrected chi connectivity index (χ1v) is 6.98. The Labute approximate surface area is 120 Å². The van der Waals surface area contributed by atoms with Crippen molar-refractivity contribution in [2.75, 3.05) is 12.0 Å². The van der Waals surface area contributed by atoms with Gasteiger partial charge in [-0.3, -0.25) is 0 Å². The zero-order valence-electron chi connectivity index (χ0n) is 12.8. The number of ether oxygens (including phenoxy) is 1. The van der Waals surface area contributed by atoms with Crippen molar-refractivity contribution >= 4 is 11.7 Å². The van der Waals surface area contributed by atoms with Crippen molar-refractivity contribution in [1.29, 1.82) is 0 Å². The minimum atomic E-state index is -0.804. The molecule has 0 bridgehead atoms. The Morgan fingerprint density at radius 1 is 1.50 bits per heavy atom. The Balaban J connectivity index is 2.59. The summed E-state index contributed by atoms with van der Waals surface area (Å²) in [6.07, 6.45) is 0.934. The number of benzene rings is 1. The fourth-order valence-electron chi connectivity index (χ4n) is 3.40. The topological polar surface area (TPSA) is 49.8 Å². The predicted molar refractivity (Wildman–Crippen MR) is 79.7 cm³/mol. The third-order valence-electron chi connectivity index (χ3n) is 4.23. The number of fused-ring (bicyclic) bond motifs is 1. The summed E-state index contributed by atoms with van der Waals surface area (Å²) in [6, 6.07) is 5.38. The summed E-state index contributed by atoms with van der Waals surface area (Å²) in [5.41, 5.74) is 1.97. The van der Waals surface area contributed by atoms with Crippen LogP contribution in [0.3, 0.4) is 0 Å². The first-order valence-electron chi connectivity index (χ1n) is 6.98.